The van der Waals surface area contributed by atoms with Crippen LogP contribution in [-0.2, 0) is 0 Å². The number of fused-ring (bicyclic) bond motifs is 1. The van der Waals surface area contributed by atoms with Crippen molar-refractivity contribution in [1.82, 2.24) is 34.7 Å². The van der Waals surface area contributed by atoms with Gasteiger partial charge >= 0.3 is 0 Å². The van der Waals surface area contributed by atoms with Crippen molar-refractivity contribution >= 4 is 34.5 Å². The number of hydrogen-bond acceptors (Lipinski definition) is 8. The average molecular weight is 463 g/mol. The number of amides is 2. The van der Waals surface area contributed by atoms with Crippen molar-refractivity contribution in [3.05, 3.63) is 63.8 Å². The third kappa shape index (κ3) is 4.19. The van der Waals surface area contributed by atoms with E-state index >= 15 is 0 Å². The predicted molar refractivity (Wildman–Crippen MR) is 122 cm³/mol. The number of nitrogens with zero attached hydrogens (tertiary/aromatic N) is 7. The van der Waals surface area contributed by atoms with Gasteiger partial charge in [-0.1, -0.05) is 0 Å². The zero-order valence-electron chi connectivity index (χ0n) is 18.2. The second-order valence-electron chi connectivity index (χ2n) is 8.02. The Morgan fingerprint density at radius 1 is 1.18 bits per heavy atom. The summed E-state index contributed by atoms with van der Waals surface area (Å²) in [6.45, 7) is 4.91. The molecule has 0 saturated carbocycles. The topological polar surface area (TPSA) is 118 Å². The van der Waals surface area contributed by atoms with Crippen molar-refractivity contribution in [2.75, 3.05) is 18.4 Å². The summed E-state index contributed by atoms with van der Waals surface area (Å²) in [6.07, 6.45) is 4.80. The van der Waals surface area contributed by atoms with E-state index in [0.29, 0.717) is 41.5 Å². The lowest BCUT2D eigenvalue weighted by atomic mass is 9.97. The van der Waals surface area contributed by atoms with E-state index < -0.39 is 0 Å². The number of carbonyl (C=O) groups is 2. The summed E-state index contributed by atoms with van der Waals surface area (Å²) in [5.41, 5.74) is 3.50. The fourth-order valence-corrected chi connectivity index (χ4v) is 4.94. The highest BCUT2D eigenvalue weighted by molar-refractivity contribution is 7.10. The standard InChI is InChI=1S/C22H22N8O2S/c1-13-10-18-26-27-19(14(2)30(18)28-13)22(32)29-8-5-15(6-9-29)21-25-17(12-33-21)20(31)24-16-4-3-7-23-11-16/h3-4,7,10-12,15H,5-6,8-9H2,1-2H3,(H,24,31). The van der Waals surface area contributed by atoms with Crippen LogP contribution in [0.2, 0.25) is 0 Å². The van der Waals surface area contributed by atoms with Gasteiger partial charge in [-0.05, 0) is 38.8 Å². The number of pyridine rings is 1. The molecule has 168 valence electrons. The number of rotatable bonds is 4. The van der Waals surface area contributed by atoms with Gasteiger partial charge in [0.15, 0.2) is 11.3 Å². The van der Waals surface area contributed by atoms with Crippen LogP contribution in [-0.4, -0.2) is 59.6 Å². The Labute approximate surface area is 193 Å². The smallest absolute Gasteiger partial charge is 0.276 e. The Hall–Kier alpha value is -3.73. The van der Waals surface area contributed by atoms with Gasteiger partial charge in [-0.25, -0.2) is 9.50 Å². The van der Waals surface area contributed by atoms with Crippen LogP contribution in [0.5, 0.6) is 0 Å². The molecule has 4 aromatic rings. The van der Waals surface area contributed by atoms with E-state index in [2.05, 4.69) is 30.6 Å². The van der Waals surface area contributed by atoms with Crippen molar-refractivity contribution in [3.63, 3.8) is 0 Å². The molecular weight excluding hydrogens is 440 g/mol. The van der Waals surface area contributed by atoms with Crippen molar-refractivity contribution in [3.8, 4) is 0 Å². The van der Waals surface area contributed by atoms with Gasteiger partial charge in [0.2, 0.25) is 0 Å². The van der Waals surface area contributed by atoms with Crippen LogP contribution in [0, 0.1) is 13.8 Å². The van der Waals surface area contributed by atoms with E-state index in [4.69, 9.17) is 0 Å². The molecule has 33 heavy (non-hydrogen) atoms. The van der Waals surface area contributed by atoms with Gasteiger partial charge in [-0.2, -0.15) is 5.10 Å². The summed E-state index contributed by atoms with van der Waals surface area (Å²) in [5, 5.41) is 18.2. The largest absolute Gasteiger partial charge is 0.337 e. The van der Waals surface area contributed by atoms with Crippen molar-refractivity contribution < 1.29 is 9.59 Å². The lowest BCUT2D eigenvalue weighted by molar-refractivity contribution is 0.0704. The first-order chi connectivity index (χ1) is 16.0. The molecule has 0 radical (unpaired) electrons. The normalized spacial score (nSPS) is 14.5. The van der Waals surface area contributed by atoms with Gasteiger partial charge in [0.1, 0.15) is 5.69 Å². The number of nitrogens with one attached hydrogen (secondary N) is 1. The van der Waals surface area contributed by atoms with Crippen LogP contribution in [0.3, 0.4) is 0 Å². The fourth-order valence-electron chi connectivity index (χ4n) is 3.97. The fraction of sp³-hybridized carbons (Fsp3) is 0.318. The summed E-state index contributed by atoms with van der Waals surface area (Å²) in [4.78, 5) is 35.9. The van der Waals surface area contributed by atoms with Crippen LogP contribution in [0.15, 0.2) is 36.0 Å². The quantitative estimate of drug-likeness (QED) is 0.495. The molecule has 10 nitrogen and oxygen atoms in total. The summed E-state index contributed by atoms with van der Waals surface area (Å²) >= 11 is 1.48. The molecule has 2 amide bonds. The van der Waals surface area contributed by atoms with Crippen molar-refractivity contribution in [1.29, 1.82) is 0 Å². The van der Waals surface area contributed by atoms with E-state index in [1.807, 2.05) is 19.9 Å². The van der Waals surface area contributed by atoms with Crippen LogP contribution in [0.4, 0.5) is 5.69 Å². The zero-order chi connectivity index (χ0) is 22.9. The molecule has 4 aromatic heterocycles. The maximum absolute atomic E-state index is 13.1. The maximum Gasteiger partial charge on any atom is 0.276 e. The molecule has 1 aliphatic rings. The minimum Gasteiger partial charge on any atom is -0.337 e. The number of piperidine rings is 1. The number of thiazole rings is 1. The third-order valence-electron chi connectivity index (χ3n) is 5.73. The van der Waals surface area contributed by atoms with E-state index in [-0.39, 0.29) is 17.7 Å². The summed E-state index contributed by atoms with van der Waals surface area (Å²) in [7, 11) is 0. The van der Waals surface area contributed by atoms with Gasteiger partial charge in [-0.15, -0.1) is 21.5 Å². The molecule has 1 fully saturated rings. The van der Waals surface area contributed by atoms with Crippen LogP contribution in [0.1, 0.15) is 56.1 Å². The Kier molecular flexibility index (Phi) is 5.55. The van der Waals surface area contributed by atoms with Crippen LogP contribution >= 0.6 is 11.3 Å². The van der Waals surface area contributed by atoms with E-state index in [0.717, 1.165) is 23.5 Å². The number of carbonyl (C=O) groups excluding carboxylic acids is 2. The second kappa shape index (κ2) is 8.66. The maximum atomic E-state index is 13.1. The molecule has 1 aliphatic heterocycles. The van der Waals surface area contributed by atoms with Crippen LogP contribution in [0.25, 0.3) is 5.65 Å². The molecule has 0 aliphatic carbocycles. The molecular formula is C22H22N8O2S. The molecule has 0 atom stereocenters. The Balaban J connectivity index is 1.23. The molecule has 0 spiro atoms. The van der Waals surface area contributed by atoms with Gasteiger partial charge < -0.3 is 10.2 Å². The molecule has 0 aromatic carbocycles. The highest BCUT2D eigenvalue weighted by Crippen LogP contribution is 2.31. The van der Waals surface area contributed by atoms with Gasteiger partial charge in [0.25, 0.3) is 11.8 Å². The minimum absolute atomic E-state index is 0.135. The van der Waals surface area contributed by atoms with E-state index in [9.17, 15) is 9.59 Å². The second-order valence-corrected chi connectivity index (χ2v) is 8.91. The summed E-state index contributed by atoms with van der Waals surface area (Å²) < 4.78 is 1.66. The minimum atomic E-state index is -0.253. The van der Waals surface area contributed by atoms with Gasteiger partial charge in [0.05, 0.1) is 28.3 Å². The third-order valence-corrected chi connectivity index (χ3v) is 6.74. The highest BCUT2D eigenvalue weighted by atomic mass is 32.1. The molecule has 5 heterocycles. The van der Waals surface area contributed by atoms with Gasteiger partial charge in [0, 0.05) is 36.7 Å². The molecule has 0 bridgehead atoms. The molecule has 5 rings (SSSR count). The Bertz CT molecular complexity index is 1320. The molecule has 0 unspecified atom stereocenters. The monoisotopic (exact) mass is 462 g/mol. The van der Waals surface area contributed by atoms with Crippen LogP contribution < -0.4 is 5.32 Å². The van der Waals surface area contributed by atoms with Crippen molar-refractivity contribution in [2.24, 2.45) is 0 Å². The van der Waals surface area contributed by atoms with Crippen molar-refractivity contribution in [2.45, 2.75) is 32.6 Å². The Morgan fingerprint density at radius 2 is 2.00 bits per heavy atom. The zero-order valence-corrected chi connectivity index (χ0v) is 19.0. The number of likely N-dealkylation sites (tertiary alicyclic amines) is 1. The highest BCUT2D eigenvalue weighted by Gasteiger charge is 2.29. The molecule has 11 heteroatoms. The SMILES string of the molecule is Cc1cc2nnc(C(=O)N3CCC(c4nc(C(=O)Nc5cccnc5)cs4)CC3)c(C)n2n1. The predicted octanol–water partition coefficient (Wildman–Crippen LogP) is 2.86. The first-order valence-electron chi connectivity index (χ1n) is 10.7. The molecule has 1 N–H and O–H groups in total. The summed E-state index contributed by atoms with van der Waals surface area (Å²) in [5.74, 6) is -0.178. The average Bonchev–Trinajstić information content (AvgIpc) is 3.47. The number of hydrogen-bond donors (Lipinski definition) is 1. The first kappa shape index (κ1) is 21.1. The number of aryl methyl sites for hydroxylation is 2. The Morgan fingerprint density at radius 3 is 2.76 bits per heavy atom. The van der Waals surface area contributed by atoms with Gasteiger partial charge in [-0.3, -0.25) is 14.6 Å². The van der Waals surface area contributed by atoms with E-state index in [1.165, 1.54) is 11.3 Å². The van der Waals surface area contributed by atoms with E-state index in [1.54, 1.807) is 39.3 Å². The number of aromatic nitrogens is 6. The lowest BCUT2D eigenvalue weighted by Crippen LogP contribution is -2.39. The number of anilines is 1. The lowest BCUT2D eigenvalue weighted by Gasteiger charge is -2.31. The molecule has 1 saturated heterocycles. The summed E-state index contributed by atoms with van der Waals surface area (Å²) in [6, 6.07) is 5.37. The first-order valence-corrected chi connectivity index (χ1v) is 11.5.